The third-order valence-corrected chi connectivity index (χ3v) is 5.49. The Hall–Kier alpha value is -3.74. The molecule has 0 unspecified atom stereocenters. The molecule has 4 rings (SSSR count). The van der Waals surface area contributed by atoms with Crippen molar-refractivity contribution in [2.75, 3.05) is 35.2 Å². The van der Waals surface area contributed by atoms with E-state index in [-0.39, 0.29) is 18.4 Å². The van der Waals surface area contributed by atoms with E-state index in [1.165, 1.54) is 24.9 Å². The second kappa shape index (κ2) is 10.5. The zero-order valence-electron chi connectivity index (χ0n) is 18.0. The van der Waals surface area contributed by atoms with Crippen molar-refractivity contribution in [3.8, 4) is 0 Å². The highest BCUT2D eigenvalue weighted by atomic mass is 16.3. The van der Waals surface area contributed by atoms with E-state index in [0.29, 0.717) is 23.6 Å². The highest BCUT2D eigenvalue weighted by Crippen LogP contribution is 2.22. The molecule has 1 saturated heterocycles. The molecule has 2 amide bonds. The summed E-state index contributed by atoms with van der Waals surface area (Å²) in [5, 5.41) is 8.79. The molecular formula is C25H28N4O3. The molecule has 1 aromatic heterocycles. The van der Waals surface area contributed by atoms with E-state index in [1.54, 1.807) is 36.6 Å². The van der Waals surface area contributed by atoms with Crippen LogP contribution in [0.4, 0.5) is 17.1 Å². The largest absolute Gasteiger partial charge is 0.467 e. The van der Waals surface area contributed by atoms with Gasteiger partial charge in [0.15, 0.2) is 0 Å². The minimum Gasteiger partial charge on any atom is -0.467 e. The molecule has 2 aromatic carbocycles. The lowest BCUT2D eigenvalue weighted by atomic mass is 10.1. The molecule has 1 fully saturated rings. The van der Waals surface area contributed by atoms with Crippen molar-refractivity contribution in [3.05, 3.63) is 78.3 Å². The molecule has 0 saturated carbocycles. The predicted octanol–water partition coefficient (Wildman–Crippen LogP) is 4.25. The maximum absolute atomic E-state index is 12.6. The van der Waals surface area contributed by atoms with E-state index in [9.17, 15) is 9.59 Å². The highest BCUT2D eigenvalue weighted by molar-refractivity contribution is 6.00. The first kappa shape index (κ1) is 21.5. The number of nitrogens with zero attached hydrogens (tertiary/aromatic N) is 1. The first-order chi connectivity index (χ1) is 15.7. The zero-order valence-corrected chi connectivity index (χ0v) is 18.0. The molecule has 0 spiro atoms. The van der Waals surface area contributed by atoms with Crippen LogP contribution in [0, 0.1) is 0 Å². The molecule has 2 heterocycles. The monoisotopic (exact) mass is 432 g/mol. The van der Waals surface area contributed by atoms with E-state index in [1.807, 2.05) is 30.3 Å². The Morgan fingerprint density at radius 3 is 2.44 bits per heavy atom. The van der Waals surface area contributed by atoms with Gasteiger partial charge >= 0.3 is 0 Å². The summed E-state index contributed by atoms with van der Waals surface area (Å²) < 4.78 is 5.24. The predicted molar refractivity (Wildman–Crippen MR) is 126 cm³/mol. The van der Waals surface area contributed by atoms with E-state index in [2.05, 4.69) is 20.9 Å². The Bertz CT molecular complexity index is 1030. The molecule has 3 aromatic rings. The molecule has 0 bridgehead atoms. The van der Waals surface area contributed by atoms with Crippen molar-refractivity contribution in [1.82, 2.24) is 5.32 Å². The smallest absolute Gasteiger partial charge is 0.253 e. The molecule has 0 atom stereocenters. The van der Waals surface area contributed by atoms with Gasteiger partial charge in [0.1, 0.15) is 5.76 Å². The normalized spacial score (nSPS) is 13.4. The van der Waals surface area contributed by atoms with Gasteiger partial charge in [0.2, 0.25) is 5.91 Å². The summed E-state index contributed by atoms with van der Waals surface area (Å²) in [6, 6.07) is 18.6. The van der Waals surface area contributed by atoms with Crippen molar-refractivity contribution >= 4 is 28.9 Å². The van der Waals surface area contributed by atoms with Crippen LogP contribution in [-0.2, 0) is 11.3 Å². The van der Waals surface area contributed by atoms with Crippen LogP contribution in [0.3, 0.4) is 0 Å². The van der Waals surface area contributed by atoms with Crippen LogP contribution in [-0.4, -0.2) is 31.4 Å². The minimum absolute atomic E-state index is 0.0519. The Kier molecular flexibility index (Phi) is 7.07. The number of para-hydroxylation sites is 1. The number of nitrogens with one attached hydrogen (secondary N) is 3. The van der Waals surface area contributed by atoms with E-state index in [0.717, 1.165) is 18.8 Å². The summed E-state index contributed by atoms with van der Waals surface area (Å²) in [4.78, 5) is 27.4. The Labute approximate surface area is 187 Å². The fourth-order valence-corrected chi connectivity index (χ4v) is 3.80. The Balaban J connectivity index is 1.29. The molecule has 166 valence electrons. The summed E-state index contributed by atoms with van der Waals surface area (Å²) in [7, 11) is 0. The Morgan fingerprint density at radius 2 is 1.69 bits per heavy atom. The van der Waals surface area contributed by atoms with Gasteiger partial charge in [-0.1, -0.05) is 12.1 Å². The molecule has 3 N–H and O–H groups in total. The van der Waals surface area contributed by atoms with Crippen LogP contribution in [0.5, 0.6) is 0 Å². The molecule has 0 radical (unpaired) electrons. The lowest BCUT2D eigenvalue weighted by molar-refractivity contribution is -0.114. The number of piperidine rings is 1. The van der Waals surface area contributed by atoms with Crippen LogP contribution >= 0.6 is 0 Å². The molecular weight excluding hydrogens is 404 g/mol. The van der Waals surface area contributed by atoms with Gasteiger partial charge in [-0.05, 0) is 67.8 Å². The third kappa shape index (κ3) is 5.69. The maximum atomic E-state index is 12.6. The van der Waals surface area contributed by atoms with Crippen molar-refractivity contribution in [3.63, 3.8) is 0 Å². The third-order valence-electron chi connectivity index (χ3n) is 5.49. The van der Waals surface area contributed by atoms with Crippen LogP contribution in [0.15, 0.2) is 71.3 Å². The van der Waals surface area contributed by atoms with Gasteiger partial charge in [0.25, 0.3) is 5.91 Å². The molecule has 1 aliphatic rings. The Morgan fingerprint density at radius 1 is 0.906 bits per heavy atom. The highest BCUT2D eigenvalue weighted by Gasteiger charge is 2.13. The summed E-state index contributed by atoms with van der Waals surface area (Å²) in [5.41, 5.74) is 3.01. The average Bonchev–Trinajstić information content (AvgIpc) is 3.36. The maximum Gasteiger partial charge on any atom is 0.253 e. The lowest BCUT2D eigenvalue weighted by Gasteiger charge is -2.28. The van der Waals surface area contributed by atoms with Gasteiger partial charge in [0.05, 0.1) is 24.9 Å². The van der Waals surface area contributed by atoms with Gasteiger partial charge < -0.3 is 25.3 Å². The molecule has 1 aliphatic heterocycles. The van der Waals surface area contributed by atoms with E-state index in [4.69, 9.17) is 4.42 Å². The summed E-state index contributed by atoms with van der Waals surface area (Å²) in [6.07, 6.45) is 5.32. The topological polar surface area (TPSA) is 86.6 Å². The summed E-state index contributed by atoms with van der Waals surface area (Å²) in [5.74, 6) is 0.259. The lowest BCUT2D eigenvalue weighted by Crippen LogP contribution is -2.29. The van der Waals surface area contributed by atoms with Gasteiger partial charge in [-0.3, -0.25) is 9.59 Å². The standard InChI is InChI=1S/C25H28N4O3/c30-24(28-19-10-12-20(13-11-19)29-14-4-1-5-15-29)18-26-23-9-3-2-8-22(23)25(31)27-17-21-7-6-16-32-21/h2-3,6-13,16,26H,1,4-5,14-15,17-18H2,(H,27,31)(H,28,30). The summed E-state index contributed by atoms with van der Waals surface area (Å²) in [6.45, 7) is 2.53. The van der Waals surface area contributed by atoms with Crippen molar-refractivity contribution in [2.24, 2.45) is 0 Å². The number of benzene rings is 2. The minimum atomic E-state index is -0.238. The van der Waals surface area contributed by atoms with Crippen LogP contribution < -0.4 is 20.9 Å². The molecule has 0 aliphatic carbocycles. The molecule has 7 nitrogen and oxygen atoms in total. The number of anilines is 3. The molecule has 32 heavy (non-hydrogen) atoms. The number of amides is 2. The van der Waals surface area contributed by atoms with Crippen LogP contribution in [0.1, 0.15) is 35.4 Å². The van der Waals surface area contributed by atoms with Crippen molar-refractivity contribution < 1.29 is 14.0 Å². The number of carbonyl (C=O) groups excluding carboxylic acids is 2. The van der Waals surface area contributed by atoms with E-state index < -0.39 is 0 Å². The average molecular weight is 433 g/mol. The van der Waals surface area contributed by atoms with Crippen molar-refractivity contribution in [1.29, 1.82) is 0 Å². The number of carbonyl (C=O) groups is 2. The second-order valence-corrected chi connectivity index (χ2v) is 7.80. The van der Waals surface area contributed by atoms with Gasteiger partial charge in [-0.15, -0.1) is 0 Å². The van der Waals surface area contributed by atoms with Crippen LogP contribution in [0.2, 0.25) is 0 Å². The van der Waals surface area contributed by atoms with Gasteiger partial charge in [-0.2, -0.15) is 0 Å². The number of hydrogen-bond donors (Lipinski definition) is 3. The van der Waals surface area contributed by atoms with E-state index >= 15 is 0 Å². The van der Waals surface area contributed by atoms with Gasteiger partial charge in [-0.25, -0.2) is 0 Å². The second-order valence-electron chi connectivity index (χ2n) is 7.80. The first-order valence-corrected chi connectivity index (χ1v) is 11.0. The number of hydrogen-bond acceptors (Lipinski definition) is 5. The zero-order chi connectivity index (χ0) is 22.2. The first-order valence-electron chi connectivity index (χ1n) is 11.0. The molecule has 7 heteroatoms. The number of rotatable bonds is 8. The number of furan rings is 1. The quantitative estimate of drug-likeness (QED) is 0.495. The summed E-state index contributed by atoms with van der Waals surface area (Å²) >= 11 is 0. The van der Waals surface area contributed by atoms with Crippen LogP contribution in [0.25, 0.3) is 0 Å². The van der Waals surface area contributed by atoms with Gasteiger partial charge in [0, 0.05) is 30.2 Å². The SMILES string of the molecule is O=C(CNc1ccccc1C(=O)NCc1ccco1)Nc1ccc(N2CCCCC2)cc1. The van der Waals surface area contributed by atoms with Crippen molar-refractivity contribution in [2.45, 2.75) is 25.8 Å². The fourth-order valence-electron chi connectivity index (χ4n) is 3.80. The fraction of sp³-hybridized carbons (Fsp3) is 0.280.